The first-order chi connectivity index (χ1) is 21.1. The molecule has 0 spiro atoms. The fourth-order valence-electron chi connectivity index (χ4n) is 3.46. The van der Waals surface area contributed by atoms with Crippen LogP contribution in [0.3, 0.4) is 0 Å². The molecule has 0 aliphatic heterocycles. The average Bonchev–Trinajstić information content (AvgIpc) is 2.99. The maximum Gasteiger partial charge on any atom is 1.00 e. The molecule has 0 saturated carbocycles. The molecule has 0 aromatic heterocycles. The van der Waals surface area contributed by atoms with Crippen molar-refractivity contribution in [2.75, 3.05) is 0 Å². The summed E-state index contributed by atoms with van der Waals surface area (Å²) in [5, 5.41) is -8.92. The van der Waals surface area contributed by atoms with Crippen LogP contribution in [-0.2, 0) is 43.0 Å². The summed E-state index contributed by atoms with van der Waals surface area (Å²) < 4.78 is 174. The molecule has 47 heavy (non-hydrogen) atoms. The van der Waals surface area contributed by atoms with Crippen LogP contribution in [-0.4, -0.2) is 44.1 Å². The Morgan fingerprint density at radius 3 is 1.21 bits per heavy atom. The van der Waals surface area contributed by atoms with Crippen molar-refractivity contribution in [2.45, 2.75) is 49.8 Å². The van der Waals surface area contributed by atoms with Crippen LogP contribution in [0.4, 0.5) is 39.0 Å². The minimum atomic E-state index is -6.81. The predicted octanol–water partition coefficient (Wildman–Crippen LogP) is 4.96. The average molecular weight is 715 g/mol. The van der Waals surface area contributed by atoms with Crippen molar-refractivity contribution in [3.8, 4) is 0 Å². The quantitative estimate of drug-likeness (QED) is 0.0990. The number of halogens is 9. The largest absolute Gasteiger partial charge is 1.00 e. The molecule has 4 aromatic rings. The van der Waals surface area contributed by atoms with Crippen LogP contribution in [0.5, 0.6) is 0 Å². The molecule has 0 atom stereocenters. The normalized spacial score (nSPS) is 12.8. The van der Waals surface area contributed by atoms with Crippen molar-refractivity contribution in [3.05, 3.63) is 96.1 Å². The van der Waals surface area contributed by atoms with E-state index in [0.29, 0.717) is 10.8 Å². The Kier molecular flexibility index (Phi) is 14.4. The number of ether oxygens (including phenoxy) is 2. The van der Waals surface area contributed by atoms with Gasteiger partial charge in [0.05, 0.1) is 13.2 Å². The van der Waals surface area contributed by atoms with Gasteiger partial charge in [0.1, 0.15) is 0 Å². The molecule has 0 aliphatic carbocycles. The van der Waals surface area contributed by atoms with Gasteiger partial charge in [0.2, 0.25) is 0 Å². The number of benzene rings is 4. The topological polar surface area (TPSA) is 110 Å². The summed E-state index contributed by atoms with van der Waals surface area (Å²) in [5.74, 6) is 0. The van der Waals surface area contributed by atoms with Gasteiger partial charge in [0, 0.05) is 0 Å². The fourth-order valence-corrected chi connectivity index (χ4v) is 4.15. The smallest absolute Gasteiger partial charge is 0.743 e. The van der Waals surface area contributed by atoms with Crippen LogP contribution < -0.4 is 18.9 Å². The number of fused-ring (bicyclic) bond motifs is 2. The third kappa shape index (κ3) is 10.1. The van der Waals surface area contributed by atoms with Gasteiger partial charge in [-0.3, -0.25) is 0 Å². The van der Waals surface area contributed by atoms with Gasteiger partial charge in [-0.05, 0) is 44.8 Å². The molecule has 0 N–H and O–H groups in total. The molecule has 254 valence electrons. The second-order valence-electron chi connectivity index (χ2n) is 8.90. The molecule has 0 fully saturated rings. The molecule has 0 saturated heterocycles. The van der Waals surface area contributed by atoms with E-state index in [1.54, 1.807) is 60.7 Å². The van der Waals surface area contributed by atoms with Gasteiger partial charge in [-0.2, -0.15) is 43.5 Å². The summed E-state index contributed by atoms with van der Waals surface area (Å²) in [6.45, 7) is 2.01. The third-order valence-corrected chi connectivity index (χ3v) is 7.48. The molecular formula is C28H24F9LiO7S2. The Balaban J connectivity index is 0.000000438. The van der Waals surface area contributed by atoms with Crippen LogP contribution in [0.25, 0.3) is 21.5 Å². The van der Waals surface area contributed by atoms with Gasteiger partial charge < -0.3 is 14.0 Å². The van der Waals surface area contributed by atoms with Crippen LogP contribution in [0.2, 0.25) is 0 Å². The van der Waals surface area contributed by atoms with Crippen LogP contribution in [0.15, 0.2) is 84.9 Å². The zero-order chi connectivity index (χ0) is 35.2. The van der Waals surface area contributed by atoms with E-state index < -0.39 is 56.3 Å². The van der Waals surface area contributed by atoms with Gasteiger partial charge in [0.15, 0.2) is 10.1 Å². The third-order valence-electron chi connectivity index (χ3n) is 5.77. The maximum absolute atomic E-state index is 13.1. The van der Waals surface area contributed by atoms with Gasteiger partial charge >= 0.3 is 51.8 Å². The minimum absolute atomic E-state index is 0. The molecule has 7 nitrogen and oxygen atoms in total. The van der Waals surface area contributed by atoms with Crippen molar-refractivity contribution in [1.82, 2.24) is 0 Å². The summed E-state index contributed by atoms with van der Waals surface area (Å²) in [5.41, 5.74) is 0.225. The molecule has 19 heteroatoms. The van der Waals surface area contributed by atoms with E-state index in [-0.39, 0.29) is 30.0 Å². The molecular weight excluding hydrogens is 690 g/mol. The summed E-state index contributed by atoms with van der Waals surface area (Å²) in [6, 6.07) is 22.4. The zero-order valence-corrected chi connectivity index (χ0v) is 26.2. The van der Waals surface area contributed by atoms with E-state index in [1.807, 2.05) is 13.8 Å². The molecule has 0 unspecified atom stereocenters. The number of hydrogen-bond donors (Lipinski definition) is 0. The van der Waals surface area contributed by atoms with E-state index >= 15 is 0 Å². The van der Waals surface area contributed by atoms with E-state index in [0.717, 1.165) is 10.8 Å². The summed E-state index contributed by atoms with van der Waals surface area (Å²) in [4.78, 5) is 0. The first kappa shape index (κ1) is 42.2. The molecule has 4 aromatic carbocycles. The van der Waals surface area contributed by atoms with Crippen molar-refractivity contribution < 1.29 is 88.7 Å². The van der Waals surface area contributed by atoms with E-state index in [2.05, 4.69) is 9.47 Å². The van der Waals surface area contributed by atoms with Gasteiger partial charge in [-0.15, -0.1) is 0 Å². The van der Waals surface area contributed by atoms with Gasteiger partial charge in [-0.1, -0.05) is 90.5 Å². The van der Waals surface area contributed by atoms with E-state index in [1.165, 1.54) is 24.3 Å². The predicted molar refractivity (Wildman–Crippen MR) is 148 cm³/mol. The minimum Gasteiger partial charge on any atom is -0.743 e. The van der Waals surface area contributed by atoms with Crippen LogP contribution in [0, 0.1) is 0 Å². The first-order valence-corrected chi connectivity index (χ1v) is 15.5. The Morgan fingerprint density at radius 1 is 0.574 bits per heavy atom. The monoisotopic (exact) mass is 714 g/mol. The SMILES string of the molecule is CC.O=S(=O)(F)C(F)(F)C(F)(F)OCc1ccc2ccccc2c1.O=S(=O)([O-])C(F)(F)C(F)(F)OCc1ccc2ccccc2c1.[Li+]. The second-order valence-corrected chi connectivity index (χ2v) is 11.7. The first-order valence-electron chi connectivity index (χ1n) is 12.7. The number of hydrogen-bond acceptors (Lipinski definition) is 7. The summed E-state index contributed by atoms with van der Waals surface area (Å²) in [7, 11) is -13.4. The van der Waals surface area contributed by atoms with Crippen LogP contribution >= 0.6 is 0 Å². The van der Waals surface area contributed by atoms with Crippen molar-refractivity contribution in [3.63, 3.8) is 0 Å². The Bertz CT molecular complexity index is 1720. The van der Waals surface area contributed by atoms with Crippen molar-refractivity contribution >= 4 is 41.9 Å². The van der Waals surface area contributed by atoms with E-state index in [9.17, 15) is 60.4 Å². The molecule has 4 rings (SSSR count). The van der Waals surface area contributed by atoms with Crippen molar-refractivity contribution in [1.29, 1.82) is 0 Å². The summed E-state index contributed by atoms with van der Waals surface area (Å²) >= 11 is 0. The van der Waals surface area contributed by atoms with Crippen LogP contribution in [0.1, 0.15) is 25.0 Å². The van der Waals surface area contributed by atoms with Gasteiger partial charge in [-0.25, -0.2) is 8.42 Å². The Morgan fingerprint density at radius 2 is 0.894 bits per heavy atom. The Hall–Kier alpha value is -2.85. The maximum atomic E-state index is 13.1. The Labute approximate surface area is 275 Å². The molecule has 0 aliphatic rings. The molecule has 0 bridgehead atoms. The van der Waals surface area contributed by atoms with Crippen molar-refractivity contribution in [2.24, 2.45) is 0 Å². The second kappa shape index (κ2) is 16.0. The molecule has 0 radical (unpaired) electrons. The molecule has 0 heterocycles. The fraction of sp³-hybridized carbons (Fsp3) is 0.286. The van der Waals surface area contributed by atoms with Gasteiger partial charge in [0.25, 0.3) is 0 Å². The zero-order valence-electron chi connectivity index (χ0n) is 24.6. The number of alkyl halides is 8. The molecule has 0 amide bonds. The standard InChI is InChI=1S/C13H9F5O3S.C13H10F4O4S.C2H6.Li/c2*14-12(15,13(16,17)22(18,19)20)21-8-9-5-6-10-3-1-2-4-11(10)7-9;1-2;/h1-7H,8H2;1-7H,8H2,(H,18,19,20);1-2H3;/q;;;+1/p-1. The van der Waals surface area contributed by atoms with E-state index in [4.69, 9.17) is 0 Å². The summed E-state index contributed by atoms with van der Waals surface area (Å²) in [6.07, 6.45) is -10.9. The number of rotatable bonds is 10.